The van der Waals surface area contributed by atoms with E-state index in [0.29, 0.717) is 24.8 Å². The van der Waals surface area contributed by atoms with Gasteiger partial charge in [-0.15, -0.1) is 0 Å². The molecule has 3 aromatic rings. The molecule has 0 saturated heterocycles. The predicted molar refractivity (Wildman–Crippen MR) is 126 cm³/mol. The summed E-state index contributed by atoms with van der Waals surface area (Å²) in [5, 5.41) is 4.41. The van der Waals surface area contributed by atoms with Crippen molar-refractivity contribution in [3.05, 3.63) is 78.6 Å². The van der Waals surface area contributed by atoms with Gasteiger partial charge in [0.25, 0.3) is 5.91 Å². The monoisotopic (exact) mass is 677 g/mol. The number of carbonyl (C=O) groups is 2. The van der Waals surface area contributed by atoms with E-state index < -0.39 is 11.8 Å². The minimum Gasteiger partial charge on any atom is -0.470 e. The summed E-state index contributed by atoms with van der Waals surface area (Å²) >= 11 is 19.1. The SMILES string of the molecule is CO[N-]N(C)C(=O)c1cc(Cl)cc(Br)c1NC(=O)c1cc(Br)cn1-c1ncccc1Cl.[Y]. The van der Waals surface area contributed by atoms with E-state index in [1.807, 2.05) is 0 Å². The molecule has 0 spiro atoms. The number of hydrogen-bond donors (Lipinski definition) is 1. The first-order chi connectivity index (χ1) is 14.7. The first-order valence-electron chi connectivity index (χ1n) is 8.54. The third-order valence-corrected chi connectivity index (χ3v) is 5.58. The van der Waals surface area contributed by atoms with E-state index in [2.05, 4.69) is 52.6 Å². The van der Waals surface area contributed by atoms with E-state index in [1.165, 1.54) is 20.2 Å². The van der Waals surface area contributed by atoms with Crippen LogP contribution in [0.3, 0.4) is 0 Å². The van der Waals surface area contributed by atoms with Crippen LogP contribution in [0.1, 0.15) is 20.8 Å². The topological polar surface area (TPSA) is 90.6 Å². The largest absolute Gasteiger partial charge is 0.470 e. The van der Waals surface area contributed by atoms with Crippen molar-refractivity contribution in [2.75, 3.05) is 19.5 Å². The summed E-state index contributed by atoms with van der Waals surface area (Å²) in [6, 6.07) is 7.95. The molecule has 0 unspecified atom stereocenters. The van der Waals surface area contributed by atoms with Crippen LogP contribution < -0.4 is 5.32 Å². The van der Waals surface area contributed by atoms with Crippen LogP contribution in [-0.4, -0.2) is 40.5 Å². The first kappa shape index (κ1) is 27.4. The molecule has 0 aliphatic rings. The van der Waals surface area contributed by atoms with Gasteiger partial charge in [-0.25, -0.2) is 4.98 Å². The quantitative estimate of drug-likeness (QED) is 0.330. The molecule has 165 valence electrons. The fourth-order valence-corrected chi connectivity index (χ4v) is 4.26. The number of benzene rings is 1. The molecule has 3 rings (SSSR count). The van der Waals surface area contributed by atoms with E-state index in [9.17, 15) is 9.59 Å². The molecule has 0 atom stereocenters. The molecular formula is C19H14Br2Cl2N5O3Y-. The Morgan fingerprint density at radius 1 is 1.25 bits per heavy atom. The van der Waals surface area contributed by atoms with Gasteiger partial charge in [-0.2, -0.15) is 0 Å². The summed E-state index contributed by atoms with van der Waals surface area (Å²) in [5.41, 5.74) is 4.15. The van der Waals surface area contributed by atoms with Crippen molar-refractivity contribution in [1.82, 2.24) is 14.6 Å². The average Bonchev–Trinajstić information content (AvgIpc) is 3.11. The number of nitrogens with zero attached hydrogens (tertiary/aromatic N) is 4. The minimum atomic E-state index is -0.537. The zero-order chi connectivity index (χ0) is 22.7. The zero-order valence-electron chi connectivity index (χ0n) is 16.6. The van der Waals surface area contributed by atoms with E-state index >= 15 is 0 Å². The molecule has 2 heterocycles. The Kier molecular flexibility index (Phi) is 10.3. The molecule has 0 saturated carbocycles. The van der Waals surface area contributed by atoms with Crippen molar-refractivity contribution < 1.29 is 47.1 Å². The Morgan fingerprint density at radius 3 is 2.62 bits per heavy atom. The van der Waals surface area contributed by atoms with Gasteiger partial charge in [0.05, 0.1) is 16.3 Å². The number of halogens is 4. The molecular weight excluding hydrogens is 666 g/mol. The average molecular weight is 680 g/mol. The Balaban J connectivity index is 0.00000363. The molecule has 2 amide bonds. The molecule has 0 bridgehead atoms. The standard InChI is InChI=1S/C19H14Br2Cl2N5O3.Y/c1-27(26-31-2)19(30)12-7-11(22)8-13(21)16(12)25-18(29)15-6-10(20)9-28(15)17-14(23)4-3-5-24-17;/h3-9H,1-2H3,(H,25,29);/q-1;. The molecule has 0 aliphatic heterocycles. The van der Waals surface area contributed by atoms with Gasteiger partial charge in [0.2, 0.25) is 5.91 Å². The maximum atomic E-state index is 13.2. The van der Waals surface area contributed by atoms with Gasteiger partial charge in [0.15, 0.2) is 5.82 Å². The second-order valence-electron chi connectivity index (χ2n) is 6.08. The Labute approximate surface area is 236 Å². The van der Waals surface area contributed by atoms with E-state index in [1.54, 1.807) is 41.2 Å². The van der Waals surface area contributed by atoms with Crippen molar-refractivity contribution in [2.45, 2.75) is 0 Å². The van der Waals surface area contributed by atoms with Gasteiger partial charge < -0.3 is 20.8 Å². The van der Waals surface area contributed by atoms with Crippen molar-refractivity contribution in [2.24, 2.45) is 0 Å². The van der Waals surface area contributed by atoms with Gasteiger partial charge in [-0.3, -0.25) is 14.2 Å². The van der Waals surface area contributed by atoms with Gasteiger partial charge in [0.1, 0.15) is 5.69 Å². The number of nitrogens with one attached hydrogen (secondary N) is 1. The number of hydrogen-bond acceptors (Lipinski definition) is 4. The van der Waals surface area contributed by atoms with Crippen LogP contribution in [0.15, 0.2) is 51.7 Å². The van der Waals surface area contributed by atoms with E-state index in [-0.39, 0.29) is 49.7 Å². The predicted octanol–water partition coefficient (Wildman–Crippen LogP) is 5.88. The fraction of sp³-hybridized carbons (Fsp3) is 0.105. The summed E-state index contributed by atoms with van der Waals surface area (Å²) < 4.78 is 2.60. The second-order valence-corrected chi connectivity index (χ2v) is 8.69. The Hall–Kier alpha value is -0.846. The normalized spacial score (nSPS) is 10.4. The molecule has 13 heteroatoms. The van der Waals surface area contributed by atoms with Crippen LogP contribution >= 0.6 is 55.1 Å². The molecule has 2 aromatic heterocycles. The number of pyridine rings is 1. The number of anilines is 1. The van der Waals surface area contributed by atoms with Gasteiger partial charge in [-0.1, -0.05) is 23.2 Å². The minimum absolute atomic E-state index is 0. The summed E-state index contributed by atoms with van der Waals surface area (Å²) in [6.07, 6.45) is 3.23. The number of carbonyl (C=O) groups excluding carboxylic acids is 2. The third kappa shape index (κ3) is 6.18. The van der Waals surface area contributed by atoms with E-state index in [4.69, 9.17) is 23.2 Å². The molecule has 8 nitrogen and oxygen atoms in total. The van der Waals surface area contributed by atoms with Gasteiger partial charge in [0, 0.05) is 66.2 Å². The molecule has 1 aromatic carbocycles. The molecule has 32 heavy (non-hydrogen) atoms. The van der Waals surface area contributed by atoms with Crippen LogP contribution in [0.5, 0.6) is 0 Å². The smallest absolute Gasteiger partial charge is 0.272 e. The van der Waals surface area contributed by atoms with Crippen molar-refractivity contribution in [3.63, 3.8) is 0 Å². The summed E-state index contributed by atoms with van der Waals surface area (Å²) in [5.74, 6) is -0.661. The number of rotatable bonds is 6. The van der Waals surface area contributed by atoms with E-state index in [0.717, 1.165) is 5.01 Å². The maximum absolute atomic E-state index is 13.2. The molecule has 0 aliphatic carbocycles. The van der Waals surface area contributed by atoms with Gasteiger partial charge >= 0.3 is 0 Å². The molecule has 0 fully saturated rings. The first-order valence-corrected chi connectivity index (χ1v) is 10.9. The van der Waals surface area contributed by atoms with Crippen molar-refractivity contribution in [3.8, 4) is 5.82 Å². The van der Waals surface area contributed by atoms with Crippen LogP contribution in [0.25, 0.3) is 11.4 Å². The van der Waals surface area contributed by atoms with Crippen LogP contribution in [0.4, 0.5) is 5.69 Å². The van der Waals surface area contributed by atoms with Crippen molar-refractivity contribution in [1.29, 1.82) is 0 Å². The Bertz CT molecular complexity index is 1160. The zero-order valence-corrected chi connectivity index (χ0v) is 24.2. The van der Waals surface area contributed by atoms with Gasteiger partial charge in [-0.05, 0) is 69.2 Å². The Morgan fingerprint density at radius 2 is 1.97 bits per heavy atom. The number of amides is 2. The van der Waals surface area contributed by atoms with Crippen LogP contribution in [0, 0.1) is 0 Å². The second kappa shape index (κ2) is 12.0. The maximum Gasteiger partial charge on any atom is 0.272 e. The summed E-state index contributed by atoms with van der Waals surface area (Å²) in [4.78, 5) is 34.9. The van der Waals surface area contributed by atoms with Crippen molar-refractivity contribution >= 4 is 72.6 Å². The molecule has 1 radical (unpaired) electrons. The van der Waals surface area contributed by atoms with Crippen LogP contribution in [-0.2, 0) is 37.5 Å². The summed E-state index contributed by atoms with van der Waals surface area (Å²) in [7, 11) is 2.73. The fourth-order valence-electron chi connectivity index (χ4n) is 2.72. The molecule has 1 N–H and O–H groups in total. The number of aromatic nitrogens is 2. The van der Waals surface area contributed by atoms with Crippen LogP contribution in [0.2, 0.25) is 10.0 Å². The summed E-state index contributed by atoms with van der Waals surface area (Å²) in [6.45, 7) is 0. The third-order valence-electron chi connectivity index (χ3n) is 4.01.